The number of benzene rings is 1. The van der Waals surface area contributed by atoms with E-state index in [1.54, 1.807) is 36.9 Å². The molecular formula is C21H23ClN4O3. The SMILES string of the molecule is COc1ccc(Cn2c(=O)c(C)cc3cnc(N4CCCC4CO)nc32)cc1Cl. The monoisotopic (exact) mass is 414 g/mol. The lowest BCUT2D eigenvalue weighted by Gasteiger charge is -2.23. The van der Waals surface area contributed by atoms with Crippen molar-refractivity contribution in [2.75, 3.05) is 25.2 Å². The number of rotatable bonds is 5. The van der Waals surface area contributed by atoms with Crippen LogP contribution in [0.5, 0.6) is 5.75 Å². The zero-order valence-electron chi connectivity index (χ0n) is 16.4. The third-order valence-corrected chi connectivity index (χ3v) is 5.69. The molecule has 0 radical (unpaired) electrons. The molecule has 8 heteroatoms. The summed E-state index contributed by atoms with van der Waals surface area (Å²) in [5.74, 6) is 1.13. The van der Waals surface area contributed by atoms with Gasteiger partial charge in [0.25, 0.3) is 5.56 Å². The molecule has 1 unspecified atom stereocenters. The number of fused-ring (bicyclic) bond motifs is 1. The van der Waals surface area contributed by atoms with Gasteiger partial charge in [-0.1, -0.05) is 17.7 Å². The zero-order chi connectivity index (χ0) is 20.5. The summed E-state index contributed by atoms with van der Waals surface area (Å²) in [6.07, 6.45) is 3.63. The molecule has 1 aliphatic heterocycles. The average Bonchev–Trinajstić information content (AvgIpc) is 3.20. The first kappa shape index (κ1) is 19.7. The molecule has 7 nitrogen and oxygen atoms in total. The van der Waals surface area contributed by atoms with Crippen LogP contribution in [0, 0.1) is 6.92 Å². The van der Waals surface area contributed by atoms with Gasteiger partial charge >= 0.3 is 0 Å². The Morgan fingerprint density at radius 2 is 2.17 bits per heavy atom. The van der Waals surface area contributed by atoms with Gasteiger partial charge < -0.3 is 14.7 Å². The van der Waals surface area contributed by atoms with Crippen LogP contribution in [-0.2, 0) is 6.54 Å². The van der Waals surface area contributed by atoms with Gasteiger partial charge in [-0.3, -0.25) is 9.36 Å². The fourth-order valence-electron chi connectivity index (χ4n) is 3.86. The third kappa shape index (κ3) is 3.68. The highest BCUT2D eigenvalue weighted by atomic mass is 35.5. The van der Waals surface area contributed by atoms with Crippen LogP contribution in [0.4, 0.5) is 5.95 Å². The van der Waals surface area contributed by atoms with Gasteiger partial charge in [0.2, 0.25) is 5.95 Å². The Labute approximate surface area is 173 Å². The molecule has 0 saturated carbocycles. The van der Waals surface area contributed by atoms with Crippen LogP contribution < -0.4 is 15.2 Å². The Morgan fingerprint density at radius 1 is 1.34 bits per heavy atom. The lowest BCUT2D eigenvalue weighted by atomic mass is 10.2. The highest BCUT2D eigenvalue weighted by Crippen LogP contribution is 2.26. The van der Waals surface area contributed by atoms with E-state index < -0.39 is 0 Å². The Balaban J connectivity index is 1.81. The lowest BCUT2D eigenvalue weighted by molar-refractivity contribution is 0.265. The molecule has 0 bridgehead atoms. The van der Waals surface area contributed by atoms with E-state index in [9.17, 15) is 9.90 Å². The molecule has 2 aromatic heterocycles. The summed E-state index contributed by atoms with van der Waals surface area (Å²) in [6, 6.07) is 7.29. The number of hydrogen-bond acceptors (Lipinski definition) is 6. The van der Waals surface area contributed by atoms with Gasteiger partial charge in [0.15, 0.2) is 0 Å². The van der Waals surface area contributed by atoms with E-state index in [4.69, 9.17) is 21.3 Å². The van der Waals surface area contributed by atoms with E-state index in [0.29, 0.717) is 34.5 Å². The molecule has 29 heavy (non-hydrogen) atoms. The molecule has 0 amide bonds. The third-order valence-electron chi connectivity index (χ3n) is 5.40. The number of pyridine rings is 1. The first-order chi connectivity index (χ1) is 14.0. The largest absolute Gasteiger partial charge is 0.495 e. The van der Waals surface area contributed by atoms with E-state index in [-0.39, 0.29) is 18.2 Å². The van der Waals surface area contributed by atoms with E-state index in [1.165, 1.54) is 0 Å². The standard InChI is InChI=1S/C21H23ClN4O3/c1-13-8-15-10-23-21(25-7-3-4-16(25)12-27)24-19(15)26(20(13)28)11-14-5-6-18(29-2)17(22)9-14/h5-6,8-10,16,27H,3-4,7,11-12H2,1-2H3. The van der Waals surface area contributed by atoms with Crippen molar-refractivity contribution in [3.05, 3.63) is 57.0 Å². The lowest BCUT2D eigenvalue weighted by Crippen LogP contribution is -2.34. The highest BCUT2D eigenvalue weighted by Gasteiger charge is 2.26. The highest BCUT2D eigenvalue weighted by molar-refractivity contribution is 6.32. The second-order valence-electron chi connectivity index (χ2n) is 7.31. The number of aromatic nitrogens is 3. The summed E-state index contributed by atoms with van der Waals surface area (Å²) in [5.41, 5.74) is 1.97. The molecule has 1 saturated heterocycles. The number of aliphatic hydroxyl groups excluding tert-OH is 1. The molecule has 0 aliphatic carbocycles. The van der Waals surface area contributed by atoms with Gasteiger partial charge in [-0.2, -0.15) is 4.98 Å². The van der Waals surface area contributed by atoms with Gasteiger partial charge in [-0.25, -0.2) is 4.98 Å². The predicted molar refractivity (Wildman–Crippen MR) is 113 cm³/mol. The van der Waals surface area contributed by atoms with Crippen LogP contribution in [0.3, 0.4) is 0 Å². The molecular weight excluding hydrogens is 392 g/mol. The summed E-state index contributed by atoms with van der Waals surface area (Å²) in [4.78, 5) is 24.2. The first-order valence-electron chi connectivity index (χ1n) is 9.59. The van der Waals surface area contributed by atoms with Crippen LogP contribution in [0.15, 0.2) is 35.3 Å². The summed E-state index contributed by atoms with van der Waals surface area (Å²) in [5, 5.41) is 10.9. The molecule has 1 fully saturated rings. The van der Waals surface area contributed by atoms with E-state index in [1.807, 2.05) is 17.0 Å². The molecule has 1 aromatic carbocycles. The van der Waals surface area contributed by atoms with Crippen molar-refractivity contribution in [3.63, 3.8) is 0 Å². The first-order valence-corrected chi connectivity index (χ1v) is 9.96. The molecule has 4 rings (SSSR count). The van der Waals surface area contributed by atoms with Crippen LogP contribution in [0.2, 0.25) is 5.02 Å². The number of anilines is 1. The molecule has 1 aliphatic rings. The van der Waals surface area contributed by atoms with Gasteiger partial charge in [0, 0.05) is 23.7 Å². The Hall–Kier alpha value is -2.64. The minimum absolute atomic E-state index is 0.0125. The van der Waals surface area contributed by atoms with Crippen molar-refractivity contribution < 1.29 is 9.84 Å². The molecule has 3 aromatic rings. The Morgan fingerprint density at radius 3 is 2.90 bits per heavy atom. The number of halogens is 1. The predicted octanol–water partition coefficient (Wildman–Crippen LogP) is 2.77. The molecule has 1 atom stereocenters. The van der Waals surface area contributed by atoms with Gasteiger partial charge in [-0.05, 0) is 43.5 Å². The van der Waals surface area contributed by atoms with E-state index in [0.717, 1.165) is 30.3 Å². The van der Waals surface area contributed by atoms with Gasteiger partial charge in [0.05, 0.1) is 31.3 Å². The number of methoxy groups -OCH3 is 1. The average molecular weight is 415 g/mol. The Bertz CT molecular complexity index is 1120. The van der Waals surface area contributed by atoms with E-state index >= 15 is 0 Å². The second-order valence-corrected chi connectivity index (χ2v) is 7.72. The Kier molecular flexibility index (Phi) is 5.43. The molecule has 0 spiro atoms. The van der Waals surface area contributed by atoms with Crippen molar-refractivity contribution in [3.8, 4) is 5.75 Å². The summed E-state index contributed by atoms with van der Waals surface area (Å²) in [6.45, 7) is 2.98. The van der Waals surface area contributed by atoms with Gasteiger partial charge in [0.1, 0.15) is 11.4 Å². The van der Waals surface area contributed by atoms with Gasteiger partial charge in [-0.15, -0.1) is 0 Å². The fourth-order valence-corrected chi connectivity index (χ4v) is 4.14. The smallest absolute Gasteiger partial charge is 0.255 e. The summed E-state index contributed by atoms with van der Waals surface area (Å²) < 4.78 is 6.86. The molecule has 152 valence electrons. The van der Waals surface area contributed by atoms with Crippen LogP contribution in [0.1, 0.15) is 24.0 Å². The normalized spacial score (nSPS) is 16.6. The minimum atomic E-state index is -0.103. The van der Waals surface area contributed by atoms with Crippen molar-refractivity contribution in [1.29, 1.82) is 0 Å². The van der Waals surface area contributed by atoms with Crippen molar-refractivity contribution in [2.24, 2.45) is 0 Å². The maximum atomic E-state index is 12.9. The van der Waals surface area contributed by atoms with Crippen molar-refractivity contribution in [1.82, 2.24) is 14.5 Å². The second kappa shape index (κ2) is 8.00. The summed E-state index contributed by atoms with van der Waals surface area (Å²) >= 11 is 6.26. The van der Waals surface area contributed by atoms with Crippen molar-refractivity contribution in [2.45, 2.75) is 32.4 Å². The number of ether oxygens (including phenoxy) is 1. The number of nitrogens with zero attached hydrogens (tertiary/aromatic N) is 4. The fraction of sp³-hybridized carbons (Fsp3) is 0.381. The maximum absolute atomic E-state index is 12.9. The topological polar surface area (TPSA) is 80.5 Å². The quantitative estimate of drug-likeness (QED) is 0.691. The number of hydrogen-bond donors (Lipinski definition) is 1. The summed E-state index contributed by atoms with van der Waals surface area (Å²) in [7, 11) is 1.57. The number of aryl methyl sites for hydroxylation is 1. The maximum Gasteiger partial charge on any atom is 0.255 e. The molecule has 3 heterocycles. The minimum Gasteiger partial charge on any atom is -0.495 e. The molecule has 1 N–H and O–H groups in total. The van der Waals surface area contributed by atoms with Crippen LogP contribution in [0.25, 0.3) is 11.0 Å². The van der Waals surface area contributed by atoms with Crippen molar-refractivity contribution >= 4 is 28.6 Å². The van der Waals surface area contributed by atoms with Crippen LogP contribution >= 0.6 is 11.6 Å². The number of aliphatic hydroxyl groups is 1. The van der Waals surface area contributed by atoms with Crippen LogP contribution in [-0.4, -0.2) is 45.9 Å². The van der Waals surface area contributed by atoms with E-state index in [2.05, 4.69) is 4.98 Å². The zero-order valence-corrected chi connectivity index (χ0v) is 17.2.